The Morgan fingerprint density at radius 2 is 1.89 bits per heavy atom. The Hall–Kier alpha value is -1.94. The van der Waals surface area contributed by atoms with Crippen LogP contribution < -0.4 is 10.5 Å². The van der Waals surface area contributed by atoms with Crippen LogP contribution in [0.1, 0.15) is 31.0 Å². The molecule has 0 aliphatic carbocycles. The van der Waals surface area contributed by atoms with Gasteiger partial charge in [-0.25, -0.2) is 9.37 Å². The van der Waals surface area contributed by atoms with Gasteiger partial charge in [0.25, 0.3) is 0 Å². The van der Waals surface area contributed by atoms with Crippen molar-refractivity contribution in [1.82, 2.24) is 4.98 Å². The van der Waals surface area contributed by atoms with E-state index in [1.807, 2.05) is 6.07 Å². The first-order valence-corrected chi connectivity index (χ1v) is 6.23. The Kier molecular flexibility index (Phi) is 4.12. The molecule has 1 heterocycles. The molecular weight excluding hydrogens is 243 g/mol. The van der Waals surface area contributed by atoms with Crippen molar-refractivity contribution in [2.75, 3.05) is 0 Å². The van der Waals surface area contributed by atoms with E-state index in [-0.39, 0.29) is 5.82 Å². The molecule has 19 heavy (non-hydrogen) atoms. The summed E-state index contributed by atoms with van der Waals surface area (Å²) in [7, 11) is 0. The van der Waals surface area contributed by atoms with E-state index < -0.39 is 0 Å². The molecule has 1 aromatic carbocycles. The number of ether oxygens (including phenoxy) is 1. The average molecular weight is 260 g/mol. The first kappa shape index (κ1) is 13.5. The van der Waals surface area contributed by atoms with Gasteiger partial charge in [0.2, 0.25) is 5.88 Å². The maximum Gasteiger partial charge on any atom is 0.219 e. The largest absolute Gasteiger partial charge is 0.439 e. The maximum absolute atomic E-state index is 12.8. The number of hydrogen-bond donors (Lipinski definition) is 1. The molecule has 1 aromatic heterocycles. The highest BCUT2D eigenvalue weighted by molar-refractivity contribution is 5.31. The van der Waals surface area contributed by atoms with Crippen molar-refractivity contribution in [3.8, 4) is 11.6 Å². The second-order valence-corrected chi connectivity index (χ2v) is 4.65. The van der Waals surface area contributed by atoms with E-state index in [4.69, 9.17) is 10.5 Å². The van der Waals surface area contributed by atoms with Crippen LogP contribution in [0.3, 0.4) is 0 Å². The lowest BCUT2D eigenvalue weighted by Crippen LogP contribution is -2.02. The molecule has 0 unspecified atom stereocenters. The lowest BCUT2D eigenvalue weighted by Gasteiger charge is -2.11. The lowest BCUT2D eigenvalue weighted by atomic mass is 10.1. The predicted octanol–water partition coefficient (Wildman–Crippen LogP) is 3.60. The number of nitrogens with zero attached hydrogens (tertiary/aromatic N) is 1. The molecule has 0 aliphatic rings. The molecule has 2 aromatic rings. The van der Waals surface area contributed by atoms with E-state index >= 15 is 0 Å². The molecule has 0 fully saturated rings. The van der Waals surface area contributed by atoms with Crippen LogP contribution in [-0.2, 0) is 6.54 Å². The second kappa shape index (κ2) is 5.80. The van der Waals surface area contributed by atoms with Crippen molar-refractivity contribution in [3.63, 3.8) is 0 Å². The average Bonchev–Trinajstić information content (AvgIpc) is 2.41. The Morgan fingerprint density at radius 1 is 1.21 bits per heavy atom. The van der Waals surface area contributed by atoms with Gasteiger partial charge in [-0.2, -0.15) is 0 Å². The summed E-state index contributed by atoms with van der Waals surface area (Å²) in [6.07, 6.45) is 0. The quantitative estimate of drug-likeness (QED) is 0.913. The Bertz CT molecular complexity index is 553. The van der Waals surface area contributed by atoms with Crippen molar-refractivity contribution >= 4 is 0 Å². The van der Waals surface area contributed by atoms with Gasteiger partial charge in [-0.1, -0.05) is 13.8 Å². The molecule has 0 bridgehead atoms. The van der Waals surface area contributed by atoms with Crippen LogP contribution in [0.25, 0.3) is 0 Å². The lowest BCUT2D eigenvalue weighted by molar-refractivity contribution is 0.457. The van der Waals surface area contributed by atoms with E-state index in [2.05, 4.69) is 18.8 Å². The SMILES string of the molecule is CC(C)c1cc(CN)cc(Oc2ccc(F)cc2)n1. The number of halogens is 1. The van der Waals surface area contributed by atoms with Gasteiger partial charge >= 0.3 is 0 Å². The molecule has 0 atom stereocenters. The fourth-order valence-corrected chi connectivity index (χ4v) is 1.67. The van der Waals surface area contributed by atoms with Crippen molar-refractivity contribution in [1.29, 1.82) is 0 Å². The summed E-state index contributed by atoms with van der Waals surface area (Å²) < 4.78 is 18.5. The summed E-state index contributed by atoms with van der Waals surface area (Å²) in [6.45, 7) is 4.55. The van der Waals surface area contributed by atoms with E-state index in [9.17, 15) is 4.39 Å². The minimum absolute atomic E-state index is 0.293. The third-order valence-electron chi connectivity index (χ3n) is 2.74. The van der Waals surface area contributed by atoms with Gasteiger partial charge in [0.15, 0.2) is 0 Å². The first-order valence-electron chi connectivity index (χ1n) is 6.23. The molecular formula is C15H17FN2O. The van der Waals surface area contributed by atoms with Gasteiger partial charge in [-0.15, -0.1) is 0 Å². The number of hydrogen-bond acceptors (Lipinski definition) is 3. The summed E-state index contributed by atoms with van der Waals surface area (Å²) in [5, 5.41) is 0. The second-order valence-electron chi connectivity index (χ2n) is 4.65. The molecule has 0 radical (unpaired) electrons. The van der Waals surface area contributed by atoms with Gasteiger partial charge in [-0.05, 0) is 41.8 Å². The summed E-state index contributed by atoms with van der Waals surface area (Å²) in [4.78, 5) is 4.43. The Morgan fingerprint density at radius 3 is 2.47 bits per heavy atom. The van der Waals surface area contributed by atoms with Crippen molar-refractivity contribution in [2.45, 2.75) is 26.3 Å². The normalized spacial score (nSPS) is 10.8. The van der Waals surface area contributed by atoms with E-state index in [0.29, 0.717) is 24.1 Å². The van der Waals surface area contributed by atoms with Gasteiger partial charge in [0, 0.05) is 18.3 Å². The number of rotatable bonds is 4. The first-order chi connectivity index (χ1) is 9.08. The molecule has 2 N–H and O–H groups in total. The molecule has 0 saturated heterocycles. The van der Waals surface area contributed by atoms with E-state index in [1.54, 1.807) is 18.2 Å². The highest BCUT2D eigenvalue weighted by Gasteiger charge is 2.07. The van der Waals surface area contributed by atoms with Crippen molar-refractivity contribution < 1.29 is 9.13 Å². The van der Waals surface area contributed by atoms with Crippen LogP contribution in [0.4, 0.5) is 4.39 Å². The molecule has 3 nitrogen and oxygen atoms in total. The topological polar surface area (TPSA) is 48.1 Å². The molecule has 4 heteroatoms. The van der Waals surface area contributed by atoms with Crippen LogP contribution in [0.2, 0.25) is 0 Å². The summed E-state index contributed by atoms with van der Waals surface area (Å²) in [6, 6.07) is 9.62. The Labute approximate surface area is 112 Å². The van der Waals surface area contributed by atoms with E-state index in [1.165, 1.54) is 12.1 Å². The number of nitrogens with two attached hydrogens (primary N) is 1. The standard InChI is InChI=1S/C15H17FN2O/c1-10(2)14-7-11(9-17)8-15(18-14)19-13-5-3-12(16)4-6-13/h3-8,10H,9,17H2,1-2H3. The zero-order chi connectivity index (χ0) is 13.8. The number of pyridine rings is 1. The molecule has 0 amide bonds. The van der Waals surface area contributed by atoms with Crippen LogP contribution >= 0.6 is 0 Å². The van der Waals surface area contributed by atoms with E-state index in [0.717, 1.165) is 11.3 Å². The number of benzene rings is 1. The van der Waals surface area contributed by atoms with Gasteiger partial charge in [0.1, 0.15) is 11.6 Å². The van der Waals surface area contributed by atoms with Crippen LogP contribution in [0, 0.1) is 5.82 Å². The zero-order valence-corrected chi connectivity index (χ0v) is 11.1. The zero-order valence-electron chi connectivity index (χ0n) is 11.1. The van der Waals surface area contributed by atoms with Crippen molar-refractivity contribution in [3.05, 3.63) is 53.5 Å². The fraction of sp³-hybridized carbons (Fsp3) is 0.267. The van der Waals surface area contributed by atoms with Gasteiger partial charge in [-0.3, -0.25) is 0 Å². The molecule has 100 valence electrons. The Balaban J connectivity index is 2.28. The maximum atomic E-state index is 12.8. The van der Waals surface area contributed by atoms with Crippen molar-refractivity contribution in [2.24, 2.45) is 5.73 Å². The summed E-state index contributed by atoms with van der Waals surface area (Å²) in [5.41, 5.74) is 7.57. The molecule has 0 saturated carbocycles. The van der Waals surface area contributed by atoms with Crippen LogP contribution in [0.15, 0.2) is 36.4 Å². The third-order valence-corrected chi connectivity index (χ3v) is 2.74. The number of aromatic nitrogens is 1. The molecule has 2 rings (SSSR count). The van der Waals surface area contributed by atoms with Crippen LogP contribution in [0.5, 0.6) is 11.6 Å². The monoisotopic (exact) mass is 260 g/mol. The van der Waals surface area contributed by atoms with Gasteiger partial charge < -0.3 is 10.5 Å². The van der Waals surface area contributed by atoms with Crippen LogP contribution in [-0.4, -0.2) is 4.98 Å². The minimum Gasteiger partial charge on any atom is -0.439 e. The summed E-state index contributed by atoms with van der Waals surface area (Å²) >= 11 is 0. The fourth-order valence-electron chi connectivity index (χ4n) is 1.67. The third kappa shape index (κ3) is 3.51. The highest BCUT2D eigenvalue weighted by Crippen LogP contribution is 2.23. The molecule has 0 spiro atoms. The smallest absolute Gasteiger partial charge is 0.219 e. The van der Waals surface area contributed by atoms with Gasteiger partial charge in [0.05, 0.1) is 0 Å². The predicted molar refractivity (Wildman–Crippen MR) is 72.7 cm³/mol. The molecule has 0 aliphatic heterocycles. The minimum atomic E-state index is -0.293. The highest BCUT2D eigenvalue weighted by atomic mass is 19.1. The summed E-state index contributed by atoms with van der Waals surface area (Å²) in [5.74, 6) is 1.04.